The topological polar surface area (TPSA) is 51.5 Å². The van der Waals surface area contributed by atoms with Crippen molar-refractivity contribution in [2.75, 3.05) is 6.61 Å². The van der Waals surface area contributed by atoms with Gasteiger partial charge in [0, 0.05) is 16.8 Å². The lowest BCUT2D eigenvalue weighted by Crippen LogP contribution is -2.37. The number of benzene rings is 2. The third kappa shape index (κ3) is 2.89. The third-order valence-electron chi connectivity index (χ3n) is 4.44. The summed E-state index contributed by atoms with van der Waals surface area (Å²) < 4.78 is 11.4. The highest BCUT2D eigenvalue weighted by molar-refractivity contribution is 6.05. The number of furan rings is 1. The summed E-state index contributed by atoms with van der Waals surface area (Å²) in [6.45, 7) is 2.09. The molecule has 1 aliphatic carbocycles. The van der Waals surface area contributed by atoms with E-state index in [4.69, 9.17) is 9.15 Å². The Labute approximate surface area is 134 Å². The molecular weight excluding hydrogens is 290 g/mol. The molecule has 0 unspecified atom stereocenters. The highest BCUT2D eigenvalue weighted by atomic mass is 16.5. The number of para-hydroxylation sites is 1. The first-order valence-corrected chi connectivity index (χ1v) is 8.04. The molecule has 1 aliphatic rings. The molecule has 4 nitrogen and oxygen atoms in total. The van der Waals surface area contributed by atoms with Crippen molar-refractivity contribution in [1.82, 2.24) is 5.32 Å². The van der Waals surface area contributed by atoms with Crippen LogP contribution in [0.3, 0.4) is 0 Å². The molecule has 1 N–H and O–H groups in total. The molecule has 0 radical (unpaired) electrons. The Kier molecular flexibility index (Phi) is 3.45. The van der Waals surface area contributed by atoms with E-state index in [2.05, 4.69) is 12.2 Å². The highest BCUT2D eigenvalue weighted by Crippen LogP contribution is 2.32. The number of hydrogen-bond acceptors (Lipinski definition) is 3. The van der Waals surface area contributed by atoms with Crippen LogP contribution in [0.1, 0.15) is 19.8 Å². The van der Waals surface area contributed by atoms with Crippen molar-refractivity contribution in [3.63, 3.8) is 0 Å². The van der Waals surface area contributed by atoms with E-state index in [1.54, 1.807) is 0 Å². The standard InChI is InChI=1S/C19H19NO3/c1-12(13-6-7-13)20-19(21)11-22-14-8-9-18-16(10-14)15-4-2-3-5-17(15)23-18/h2-5,8-10,12-13H,6-7,11H2,1H3,(H,20,21)/t12-/m1/s1. The molecule has 2 aromatic carbocycles. The molecule has 0 bridgehead atoms. The van der Waals surface area contributed by atoms with E-state index >= 15 is 0 Å². The predicted molar refractivity (Wildman–Crippen MR) is 89.5 cm³/mol. The Hall–Kier alpha value is -2.49. The molecule has 0 spiro atoms. The van der Waals surface area contributed by atoms with Crippen molar-refractivity contribution in [3.8, 4) is 5.75 Å². The number of amides is 1. The van der Waals surface area contributed by atoms with Crippen molar-refractivity contribution in [2.45, 2.75) is 25.8 Å². The average molecular weight is 309 g/mol. The van der Waals surface area contributed by atoms with Crippen LogP contribution in [0.15, 0.2) is 46.9 Å². The number of carbonyl (C=O) groups excluding carboxylic acids is 1. The minimum absolute atomic E-state index is 0.0400. The summed E-state index contributed by atoms with van der Waals surface area (Å²) in [7, 11) is 0. The lowest BCUT2D eigenvalue weighted by molar-refractivity contribution is -0.123. The van der Waals surface area contributed by atoms with Crippen molar-refractivity contribution in [3.05, 3.63) is 42.5 Å². The normalized spacial score (nSPS) is 15.7. The van der Waals surface area contributed by atoms with Crippen LogP contribution in [0, 0.1) is 5.92 Å². The summed E-state index contributed by atoms with van der Waals surface area (Å²) in [5.41, 5.74) is 1.68. The third-order valence-corrected chi connectivity index (χ3v) is 4.44. The number of rotatable bonds is 5. The van der Waals surface area contributed by atoms with Gasteiger partial charge in [-0.1, -0.05) is 18.2 Å². The van der Waals surface area contributed by atoms with E-state index in [1.807, 2.05) is 42.5 Å². The van der Waals surface area contributed by atoms with E-state index < -0.39 is 0 Å². The van der Waals surface area contributed by atoms with Gasteiger partial charge in [0.25, 0.3) is 5.91 Å². The van der Waals surface area contributed by atoms with E-state index in [-0.39, 0.29) is 18.6 Å². The number of hydrogen-bond donors (Lipinski definition) is 1. The van der Waals surface area contributed by atoms with Crippen LogP contribution >= 0.6 is 0 Å². The van der Waals surface area contributed by atoms with Gasteiger partial charge in [0.1, 0.15) is 16.9 Å². The fraction of sp³-hybridized carbons (Fsp3) is 0.316. The predicted octanol–water partition coefficient (Wildman–Crippen LogP) is 3.88. The minimum Gasteiger partial charge on any atom is -0.484 e. The average Bonchev–Trinajstić information content (AvgIpc) is 3.34. The van der Waals surface area contributed by atoms with Crippen LogP contribution in [-0.2, 0) is 4.79 Å². The first-order valence-electron chi connectivity index (χ1n) is 8.04. The van der Waals surface area contributed by atoms with Gasteiger partial charge in [-0.05, 0) is 49.9 Å². The maximum absolute atomic E-state index is 11.9. The molecule has 4 heteroatoms. The Morgan fingerprint density at radius 3 is 2.83 bits per heavy atom. The molecule has 0 saturated heterocycles. The number of carbonyl (C=O) groups is 1. The zero-order valence-electron chi connectivity index (χ0n) is 13.0. The zero-order valence-corrected chi connectivity index (χ0v) is 13.0. The first kappa shape index (κ1) is 14.1. The van der Waals surface area contributed by atoms with E-state index in [9.17, 15) is 4.79 Å². The quantitative estimate of drug-likeness (QED) is 0.778. The van der Waals surface area contributed by atoms with Crippen molar-refractivity contribution < 1.29 is 13.9 Å². The maximum Gasteiger partial charge on any atom is 0.258 e. The van der Waals surface area contributed by atoms with Gasteiger partial charge in [-0.25, -0.2) is 0 Å². The zero-order chi connectivity index (χ0) is 15.8. The lowest BCUT2D eigenvalue weighted by atomic mass is 10.1. The monoisotopic (exact) mass is 309 g/mol. The van der Waals surface area contributed by atoms with Crippen LogP contribution < -0.4 is 10.1 Å². The van der Waals surface area contributed by atoms with Crippen LogP contribution in [0.25, 0.3) is 21.9 Å². The van der Waals surface area contributed by atoms with Gasteiger partial charge >= 0.3 is 0 Å². The number of nitrogens with one attached hydrogen (secondary N) is 1. The van der Waals surface area contributed by atoms with Crippen LogP contribution in [0.2, 0.25) is 0 Å². The molecule has 1 aromatic heterocycles. The van der Waals surface area contributed by atoms with Gasteiger partial charge in [0.15, 0.2) is 6.61 Å². The molecule has 4 rings (SSSR count). The smallest absolute Gasteiger partial charge is 0.258 e. The Morgan fingerprint density at radius 2 is 2.00 bits per heavy atom. The lowest BCUT2D eigenvalue weighted by Gasteiger charge is -2.13. The Bertz CT molecular complexity index is 863. The van der Waals surface area contributed by atoms with Gasteiger partial charge in [-0.3, -0.25) is 4.79 Å². The van der Waals surface area contributed by atoms with Crippen molar-refractivity contribution in [1.29, 1.82) is 0 Å². The fourth-order valence-corrected chi connectivity index (χ4v) is 2.95. The summed E-state index contributed by atoms with van der Waals surface area (Å²) in [6.07, 6.45) is 2.43. The summed E-state index contributed by atoms with van der Waals surface area (Å²) in [4.78, 5) is 11.9. The molecule has 1 atom stereocenters. The fourth-order valence-electron chi connectivity index (χ4n) is 2.95. The molecule has 1 fully saturated rings. The Balaban J connectivity index is 1.48. The summed E-state index contributed by atoms with van der Waals surface area (Å²) >= 11 is 0. The second-order valence-corrected chi connectivity index (χ2v) is 6.24. The molecular formula is C19H19NO3. The van der Waals surface area contributed by atoms with Gasteiger partial charge in [-0.2, -0.15) is 0 Å². The maximum atomic E-state index is 11.9. The van der Waals surface area contributed by atoms with Gasteiger partial charge in [0.2, 0.25) is 0 Å². The van der Waals surface area contributed by atoms with Crippen LogP contribution in [-0.4, -0.2) is 18.6 Å². The molecule has 118 valence electrons. The second-order valence-electron chi connectivity index (χ2n) is 6.24. The molecule has 1 amide bonds. The SMILES string of the molecule is C[C@@H](NC(=O)COc1ccc2oc3ccccc3c2c1)C1CC1. The summed E-state index contributed by atoms with van der Waals surface area (Å²) in [6, 6.07) is 13.8. The van der Waals surface area contributed by atoms with Crippen molar-refractivity contribution in [2.24, 2.45) is 5.92 Å². The second kappa shape index (κ2) is 5.61. The largest absolute Gasteiger partial charge is 0.484 e. The molecule has 3 aromatic rings. The summed E-state index contributed by atoms with van der Waals surface area (Å²) in [5, 5.41) is 5.05. The first-order chi connectivity index (χ1) is 11.2. The Morgan fingerprint density at radius 1 is 1.22 bits per heavy atom. The molecule has 1 heterocycles. The van der Waals surface area contributed by atoms with Crippen LogP contribution in [0.5, 0.6) is 5.75 Å². The van der Waals surface area contributed by atoms with E-state index in [0.717, 1.165) is 21.9 Å². The van der Waals surface area contributed by atoms with Crippen molar-refractivity contribution >= 4 is 27.8 Å². The summed E-state index contributed by atoms with van der Waals surface area (Å²) in [5.74, 6) is 1.26. The minimum atomic E-state index is -0.0680. The molecule has 23 heavy (non-hydrogen) atoms. The number of ether oxygens (including phenoxy) is 1. The molecule has 0 aliphatic heterocycles. The van der Waals surface area contributed by atoms with Gasteiger partial charge in [-0.15, -0.1) is 0 Å². The highest BCUT2D eigenvalue weighted by Gasteiger charge is 2.28. The van der Waals surface area contributed by atoms with E-state index in [0.29, 0.717) is 11.7 Å². The molecule has 1 saturated carbocycles. The van der Waals surface area contributed by atoms with Gasteiger partial charge < -0.3 is 14.5 Å². The van der Waals surface area contributed by atoms with E-state index in [1.165, 1.54) is 12.8 Å². The number of fused-ring (bicyclic) bond motifs is 3. The van der Waals surface area contributed by atoms with Crippen LogP contribution in [0.4, 0.5) is 0 Å². The van der Waals surface area contributed by atoms with Gasteiger partial charge in [0.05, 0.1) is 0 Å².